The fourth-order valence-electron chi connectivity index (χ4n) is 2.01. The molecular formula is C12H15F3N4O. The highest BCUT2D eigenvalue weighted by Crippen LogP contribution is 2.35. The van der Waals surface area contributed by atoms with Gasteiger partial charge in [-0.25, -0.2) is 18.2 Å². The van der Waals surface area contributed by atoms with Crippen LogP contribution in [0.4, 0.5) is 19.0 Å². The van der Waals surface area contributed by atoms with Gasteiger partial charge in [0.1, 0.15) is 36.4 Å². The number of halogens is 3. The third-order valence-corrected chi connectivity index (χ3v) is 3.35. The monoisotopic (exact) mass is 288 g/mol. The molecule has 4 N–H and O–H groups in total. The lowest BCUT2D eigenvalue weighted by molar-refractivity contribution is -0.0575. The minimum Gasteiger partial charge on any atom is -0.385 e. The van der Waals surface area contributed by atoms with Crippen molar-refractivity contribution in [3.63, 3.8) is 0 Å². The molecule has 2 heterocycles. The molecule has 1 aromatic heterocycles. The molecule has 5 nitrogen and oxygen atoms in total. The average molecular weight is 288 g/mol. The zero-order valence-electron chi connectivity index (χ0n) is 10.9. The molecule has 1 atom stereocenters. The Kier molecular flexibility index (Phi) is 3.59. The van der Waals surface area contributed by atoms with E-state index in [1.54, 1.807) is 0 Å². The fourth-order valence-corrected chi connectivity index (χ4v) is 2.01. The van der Waals surface area contributed by atoms with Crippen molar-refractivity contribution in [2.24, 2.45) is 10.7 Å². The Bertz CT molecular complexity index is 548. The Labute approximate surface area is 113 Å². The maximum atomic E-state index is 13.9. The molecule has 2 rings (SSSR count). The molecule has 0 aliphatic carbocycles. The number of hydrogen-bond donors (Lipinski definition) is 2. The van der Waals surface area contributed by atoms with E-state index in [-0.39, 0.29) is 23.8 Å². The molecule has 0 bridgehead atoms. The van der Waals surface area contributed by atoms with Crippen LogP contribution in [0.3, 0.4) is 0 Å². The van der Waals surface area contributed by atoms with Crippen molar-refractivity contribution in [2.75, 3.05) is 25.7 Å². The van der Waals surface area contributed by atoms with E-state index in [2.05, 4.69) is 9.98 Å². The smallest absolute Gasteiger partial charge is 0.181 e. The highest BCUT2D eigenvalue weighted by atomic mass is 19.1. The molecule has 110 valence electrons. The summed E-state index contributed by atoms with van der Waals surface area (Å²) in [5, 5.41) is 0. The lowest BCUT2D eigenvalue weighted by Gasteiger charge is -2.39. The number of anilines is 1. The van der Waals surface area contributed by atoms with Crippen LogP contribution in [0.1, 0.15) is 12.5 Å². The molecule has 20 heavy (non-hydrogen) atoms. The van der Waals surface area contributed by atoms with E-state index < -0.39 is 30.3 Å². The Morgan fingerprint density at radius 2 is 2.00 bits per heavy atom. The van der Waals surface area contributed by atoms with E-state index >= 15 is 0 Å². The molecular weight excluding hydrogens is 273 g/mol. The number of pyridine rings is 1. The number of nitrogen functional groups attached to an aromatic ring is 1. The van der Waals surface area contributed by atoms with Gasteiger partial charge in [0.25, 0.3) is 0 Å². The molecule has 1 unspecified atom stereocenters. The summed E-state index contributed by atoms with van der Waals surface area (Å²) in [4.78, 5) is 7.66. The van der Waals surface area contributed by atoms with Gasteiger partial charge in [-0.15, -0.1) is 0 Å². The summed E-state index contributed by atoms with van der Waals surface area (Å²) in [7, 11) is 0. The molecule has 0 aromatic carbocycles. The summed E-state index contributed by atoms with van der Waals surface area (Å²) < 4.78 is 45.0. The first-order valence-corrected chi connectivity index (χ1v) is 5.90. The fraction of sp³-hybridized carbons (Fsp3) is 0.500. The van der Waals surface area contributed by atoms with Gasteiger partial charge >= 0.3 is 0 Å². The first-order chi connectivity index (χ1) is 9.37. The van der Waals surface area contributed by atoms with E-state index in [1.165, 1.54) is 13.0 Å². The van der Waals surface area contributed by atoms with Crippen LogP contribution in [0, 0.1) is 5.82 Å². The summed E-state index contributed by atoms with van der Waals surface area (Å²) in [6.07, 6.45) is 0.952. The van der Waals surface area contributed by atoms with Crippen LogP contribution in [0.5, 0.6) is 0 Å². The highest BCUT2D eigenvalue weighted by Gasteiger charge is 2.45. The molecule has 0 amide bonds. The Morgan fingerprint density at radius 3 is 2.55 bits per heavy atom. The standard InChI is InChI=1S/C12H15F3N4O/c1-11(7-2-9(16)18-3-8(7)15)6-20-12(4-13,5-14)10(17)19-11/h2-3H,4-6H2,1H3,(H2,16,18)(H2,17,19). The van der Waals surface area contributed by atoms with Gasteiger partial charge in [0.2, 0.25) is 0 Å². The second-order valence-corrected chi connectivity index (χ2v) is 4.91. The number of nitrogens with two attached hydrogens (primary N) is 2. The quantitative estimate of drug-likeness (QED) is 0.871. The predicted molar refractivity (Wildman–Crippen MR) is 68.2 cm³/mol. The largest absolute Gasteiger partial charge is 0.385 e. The van der Waals surface area contributed by atoms with Crippen LogP contribution < -0.4 is 11.5 Å². The molecule has 1 aromatic rings. The van der Waals surface area contributed by atoms with Crippen LogP contribution in [0.25, 0.3) is 0 Å². The Hall–Kier alpha value is -1.83. The summed E-state index contributed by atoms with van der Waals surface area (Å²) >= 11 is 0. The number of amidine groups is 1. The SMILES string of the molecule is CC1(c2cc(N)ncc2F)COC(CF)(CF)C(N)=N1. The first kappa shape index (κ1) is 14.6. The first-order valence-electron chi connectivity index (χ1n) is 5.90. The topological polar surface area (TPSA) is 86.5 Å². The van der Waals surface area contributed by atoms with Crippen LogP contribution in [-0.4, -0.2) is 36.4 Å². The Morgan fingerprint density at radius 1 is 1.35 bits per heavy atom. The van der Waals surface area contributed by atoms with E-state index in [1.807, 2.05) is 0 Å². The third-order valence-electron chi connectivity index (χ3n) is 3.35. The second-order valence-electron chi connectivity index (χ2n) is 4.91. The lowest BCUT2D eigenvalue weighted by atomic mass is 9.90. The van der Waals surface area contributed by atoms with Crippen molar-refractivity contribution in [2.45, 2.75) is 18.1 Å². The number of hydrogen-bond acceptors (Lipinski definition) is 5. The van der Waals surface area contributed by atoms with Crippen LogP contribution in [-0.2, 0) is 10.3 Å². The van der Waals surface area contributed by atoms with Gasteiger partial charge in [0.15, 0.2) is 5.60 Å². The zero-order chi connectivity index (χ0) is 15.0. The van der Waals surface area contributed by atoms with Gasteiger partial charge in [-0.2, -0.15) is 0 Å². The molecule has 0 radical (unpaired) electrons. The summed E-state index contributed by atoms with van der Waals surface area (Å²) in [6, 6.07) is 1.30. The van der Waals surface area contributed by atoms with Crippen molar-refractivity contribution < 1.29 is 17.9 Å². The summed E-state index contributed by atoms with van der Waals surface area (Å²) in [6.45, 7) is -0.966. The maximum Gasteiger partial charge on any atom is 0.181 e. The number of alkyl halides is 2. The number of ether oxygens (including phenoxy) is 1. The number of aliphatic imine (C=N–C) groups is 1. The number of rotatable bonds is 3. The molecule has 1 aliphatic rings. The normalized spacial score (nSPS) is 25.3. The van der Waals surface area contributed by atoms with Crippen molar-refractivity contribution in [3.8, 4) is 0 Å². The number of nitrogens with zero attached hydrogens (tertiary/aromatic N) is 2. The van der Waals surface area contributed by atoms with Gasteiger partial charge in [-0.3, -0.25) is 4.99 Å². The summed E-state index contributed by atoms with van der Waals surface area (Å²) in [5.41, 5.74) is 8.15. The van der Waals surface area contributed by atoms with E-state index in [0.29, 0.717) is 0 Å². The number of aromatic nitrogens is 1. The van der Waals surface area contributed by atoms with Crippen LogP contribution >= 0.6 is 0 Å². The van der Waals surface area contributed by atoms with Crippen LogP contribution in [0.2, 0.25) is 0 Å². The van der Waals surface area contributed by atoms with Gasteiger partial charge in [-0.05, 0) is 13.0 Å². The van der Waals surface area contributed by atoms with Crippen molar-refractivity contribution in [1.82, 2.24) is 4.98 Å². The lowest BCUT2D eigenvalue weighted by Crippen LogP contribution is -2.56. The molecule has 0 spiro atoms. The molecule has 8 heteroatoms. The second kappa shape index (κ2) is 4.93. The van der Waals surface area contributed by atoms with Gasteiger partial charge in [0, 0.05) is 5.56 Å². The van der Waals surface area contributed by atoms with Gasteiger partial charge in [0.05, 0.1) is 12.8 Å². The third kappa shape index (κ3) is 2.20. The maximum absolute atomic E-state index is 13.9. The zero-order valence-corrected chi connectivity index (χ0v) is 10.9. The van der Waals surface area contributed by atoms with Crippen molar-refractivity contribution >= 4 is 11.7 Å². The molecule has 0 fully saturated rings. The van der Waals surface area contributed by atoms with Gasteiger partial charge < -0.3 is 16.2 Å². The average Bonchev–Trinajstić information content (AvgIpc) is 2.42. The van der Waals surface area contributed by atoms with E-state index in [9.17, 15) is 13.2 Å². The van der Waals surface area contributed by atoms with Crippen molar-refractivity contribution in [3.05, 3.63) is 23.6 Å². The minimum absolute atomic E-state index is 0.101. The molecule has 1 aliphatic heterocycles. The van der Waals surface area contributed by atoms with E-state index in [0.717, 1.165) is 6.20 Å². The van der Waals surface area contributed by atoms with E-state index in [4.69, 9.17) is 16.2 Å². The van der Waals surface area contributed by atoms with Crippen molar-refractivity contribution in [1.29, 1.82) is 0 Å². The summed E-state index contributed by atoms with van der Waals surface area (Å²) in [5.74, 6) is -0.884. The van der Waals surface area contributed by atoms with Crippen LogP contribution in [0.15, 0.2) is 17.3 Å². The van der Waals surface area contributed by atoms with Gasteiger partial charge in [-0.1, -0.05) is 0 Å². The Balaban J connectivity index is 2.48. The minimum atomic E-state index is -1.88. The predicted octanol–water partition coefficient (Wildman–Crippen LogP) is 1.08. The molecule has 0 saturated carbocycles. The highest BCUT2D eigenvalue weighted by molar-refractivity contribution is 5.90. The molecule has 0 saturated heterocycles.